The van der Waals surface area contributed by atoms with Crippen molar-refractivity contribution in [2.45, 2.75) is 123 Å². The fourth-order valence-corrected chi connectivity index (χ4v) is 6.91. The van der Waals surface area contributed by atoms with Gasteiger partial charge in [-0.1, -0.05) is 69.2 Å². The van der Waals surface area contributed by atoms with Gasteiger partial charge in [0, 0.05) is 32.4 Å². The van der Waals surface area contributed by atoms with Gasteiger partial charge in [-0.2, -0.15) is 0 Å². The monoisotopic (exact) mass is 672 g/mol. The second-order valence-electron chi connectivity index (χ2n) is 14.1. The number of nitrogens with one attached hydrogen (secondary N) is 1. The minimum absolute atomic E-state index is 0.00995. The van der Waals surface area contributed by atoms with Crippen LogP contribution in [0.4, 0.5) is 5.69 Å². The lowest BCUT2D eigenvalue weighted by atomic mass is 9.82. The number of ether oxygens (including phenoxy) is 4. The summed E-state index contributed by atoms with van der Waals surface area (Å²) in [7, 11) is 3.24. The number of carbonyl (C=O) groups is 2. The summed E-state index contributed by atoms with van der Waals surface area (Å²) in [5.41, 5.74) is 0.264. The van der Waals surface area contributed by atoms with E-state index in [1.807, 2.05) is 78.8 Å². The third-order valence-corrected chi connectivity index (χ3v) is 11.5. The first kappa shape index (κ1) is 37.0. The zero-order chi connectivity index (χ0) is 35.1. The molecule has 9 nitrogen and oxygen atoms in total. The molecule has 3 aliphatic rings. The summed E-state index contributed by atoms with van der Waals surface area (Å²) in [5.74, 6) is -0.698. The average molecular weight is 673 g/mol. The van der Waals surface area contributed by atoms with E-state index in [1.54, 1.807) is 19.1 Å². The highest BCUT2D eigenvalue weighted by Gasteiger charge is 2.64. The maximum absolute atomic E-state index is 14.1. The first-order valence-electron chi connectivity index (χ1n) is 16.6. The molecule has 4 bridgehead atoms. The van der Waals surface area contributed by atoms with E-state index >= 15 is 0 Å². The number of hydrogen-bond acceptors (Lipinski definition) is 8. The van der Waals surface area contributed by atoms with Crippen molar-refractivity contribution >= 4 is 29.2 Å². The third-order valence-electron chi connectivity index (χ3n) is 11.0. The van der Waals surface area contributed by atoms with E-state index in [4.69, 9.17) is 30.5 Å². The molecule has 4 rings (SSSR count). The molecule has 2 saturated heterocycles. The molecule has 47 heavy (non-hydrogen) atoms. The smallest absolute Gasteiger partial charge is 0.312 e. The lowest BCUT2D eigenvalue weighted by molar-refractivity contribution is -0.165. The van der Waals surface area contributed by atoms with Crippen LogP contribution >= 0.6 is 11.6 Å². The Kier molecular flexibility index (Phi) is 11.0. The molecular weight excluding hydrogens is 620 g/mol. The van der Waals surface area contributed by atoms with Crippen molar-refractivity contribution < 1.29 is 33.6 Å². The van der Waals surface area contributed by atoms with Gasteiger partial charge >= 0.3 is 5.97 Å². The Hall–Kier alpha value is -2.85. The van der Waals surface area contributed by atoms with Gasteiger partial charge in [0.2, 0.25) is 5.91 Å². The summed E-state index contributed by atoms with van der Waals surface area (Å²) in [6.45, 7) is 19.6. The van der Waals surface area contributed by atoms with Gasteiger partial charge in [-0.3, -0.25) is 9.59 Å². The lowest BCUT2D eigenvalue weighted by Gasteiger charge is -2.44. The van der Waals surface area contributed by atoms with Crippen LogP contribution in [0.5, 0.6) is 0 Å². The molecule has 0 saturated carbocycles. The van der Waals surface area contributed by atoms with E-state index < -0.39 is 41.2 Å². The van der Waals surface area contributed by atoms with Crippen LogP contribution in [0.15, 0.2) is 48.4 Å². The number of aryl methyl sites for hydroxylation is 1. The standard InChI is InChI=1S/C37H53ClN2O7/c1-12-35(8,13-2)34(42)46-30-19-31(41)40(10)27-18-26(17-22(4)32(27)38)23(5)21(3)15-14-16-29(44-11)37(43)20-28(45-25(7)39-37)24(6)33-36(30,9)47-33/h14-18,23-24,28-30,33,39,43H,7,12-13,19-20H2,1-6,8-11H3/b16-14+,21-15+/t23?,24-,28+,29-,30+,33+,36+,37+/m1/s1. The van der Waals surface area contributed by atoms with Crippen molar-refractivity contribution in [1.29, 1.82) is 0 Å². The van der Waals surface area contributed by atoms with E-state index in [9.17, 15) is 14.7 Å². The molecule has 260 valence electrons. The molecule has 8 atom stereocenters. The number of anilines is 1. The van der Waals surface area contributed by atoms with Gasteiger partial charge in [0.15, 0.2) is 11.6 Å². The van der Waals surface area contributed by atoms with E-state index in [1.165, 1.54) is 0 Å². The molecule has 10 heteroatoms. The summed E-state index contributed by atoms with van der Waals surface area (Å²) in [6.07, 6.45) is 4.36. The highest BCUT2D eigenvalue weighted by molar-refractivity contribution is 6.34. The second kappa shape index (κ2) is 13.9. The number of methoxy groups -OCH3 is 1. The summed E-state index contributed by atoms with van der Waals surface area (Å²) in [5, 5.41) is 15.3. The number of rotatable bonds is 5. The molecule has 0 aromatic heterocycles. The Balaban J connectivity index is 1.82. The summed E-state index contributed by atoms with van der Waals surface area (Å²) < 4.78 is 24.5. The zero-order valence-electron chi connectivity index (χ0n) is 29.6. The Morgan fingerprint density at radius 2 is 1.91 bits per heavy atom. The van der Waals surface area contributed by atoms with Crippen LogP contribution in [0.2, 0.25) is 5.02 Å². The van der Waals surface area contributed by atoms with Crippen molar-refractivity contribution in [2.24, 2.45) is 11.3 Å². The maximum atomic E-state index is 14.1. The van der Waals surface area contributed by atoms with Gasteiger partial charge in [-0.05, 0) is 64.3 Å². The topological polar surface area (TPSA) is 110 Å². The molecule has 1 unspecified atom stereocenters. The first-order valence-corrected chi connectivity index (χ1v) is 17.0. The summed E-state index contributed by atoms with van der Waals surface area (Å²) in [6, 6.07) is 3.97. The van der Waals surface area contributed by atoms with Crippen LogP contribution < -0.4 is 10.2 Å². The number of aliphatic hydroxyl groups is 1. The van der Waals surface area contributed by atoms with E-state index in [0.717, 1.165) is 16.7 Å². The van der Waals surface area contributed by atoms with Crippen LogP contribution in [0.25, 0.3) is 0 Å². The normalized spacial score (nSPS) is 35.1. The maximum Gasteiger partial charge on any atom is 0.312 e. The minimum atomic E-state index is -1.52. The van der Waals surface area contributed by atoms with E-state index in [2.05, 4.69) is 18.8 Å². The number of amides is 1. The van der Waals surface area contributed by atoms with Gasteiger partial charge in [0.05, 0.1) is 28.6 Å². The predicted molar refractivity (Wildman–Crippen MR) is 184 cm³/mol. The second-order valence-corrected chi connectivity index (χ2v) is 14.5. The van der Waals surface area contributed by atoms with Crippen molar-refractivity contribution in [1.82, 2.24) is 5.32 Å². The molecule has 1 amide bonds. The van der Waals surface area contributed by atoms with Crippen molar-refractivity contribution in [2.75, 3.05) is 19.1 Å². The van der Waals surface area contributed by atoms with Crippen LogP contribution in [-0.4, -0.2) is 66.9 Å². The van der Waals surface area contributed by atoms with Crippen molar-refractivity contribution in [3.8, 4) is 0 Å². The number of nitrogens with zero attached hydrogens (tertiary/aromatic N) is 1. The molecule has 0 spiro atoms. The summed E-state index contributed by atoms with van der Waals surface area (Å²) in [4.78, 5) is 29.3. The quantitative estimate of drug-likeness (QED) is 0.263. The number of esters is 1. The van der Waals surface area contributed by atoms with Gasteiger partial charge in [0.25, 0.3) is 0 Å². The number of fused-ring (bicyclic) bond motifs is 5. The van der Waals surface area contributed by atoms with Crippen molar-refractivity contribution in [3.63, 3.8) is 0 Å². The van der Waals surface area contributed by atoms with Gasteiger partial charge in [0.1, 0.15) is 23.9 Å². The van der Waals surface area contributed by atoms with Gasteiger partial charge < -0.3 is 34.3 Å². The highest BCUT2D eigenvalue weighted by atomic mass is 35.5. The number of epoxide rings is 1. The SMILES string of the molecule is C=C1N[C@]2(O)C[C@H](O1)[C@@H](C)[C@@H]1O[C@@]1(C)[C@@H](OC(=O)C(C)(CC)CC)CC(=O)N(C)c1cc(cc(C)c1Cl)C(C)/C(C)=C/C=C/[C@H]2OC. The number of benzene rings is 1. The third kappa shape index (κ3) is 7.28. The van der Waals surface area contributed by atoms with Crippen LogP contribution in [-0.2, 0) is 28.5 Å². The lowest BCUT2D eigenvalue weighted by Crippen LogP contribution is -2.60. The van der Waals surface area contributed by atoms with Crippen LogP contribution in [0, 0.1) is 18.3 Å². The predicted octanol–water partition coefficient (Wildman–Crippen LogP) is 6.71. The van der Waals surface area contributed by atoms with Gasteiger partial charge in [-0.25, -0.2) is 0 Å². The number of carbonyl (C=O) groups excluding carboxylic acids is 2. The number of hydrogen-bond donors (Lipinski definition) is 2. The molecule has 0 aliphatic carbocycles. The van der Waals surface area contributed by atoms with E-state index in [-0.39, 0.29) is 42.4 Å². The molecule has 3 aliphatic heterocycles. The first-order chi connectivity index (χ1) is 21.9. The Labute approximate surface area is 285 Å². The van der Waals surface area contributed by atoms with Crippen molar-refractivity contribution in [3.05, 3.63) is 64.5 Å². The molecule has 2 N–H and O–H groups in total. The van der Waals surface area contributed by atoms with Gasteiger partial charge in [-0.15, -0.1) is 0 Å². The average Bonchev–Trinajstić information content (AvgIpc) is 3.73. The fourth-order valence-electron chi connectivity index (χ4n) is 6.68. The molecule has 2 fully saturated rings. The number of allylic oxidation sites excluding steroid dienone is 3. The fraction of sp³-hybridized carbons (Fsp3) is 0.622. The molecule has 3 heterocycles. The van der Waals surface area contributed by atoms with E-state index in [0.29, 0.717) is 23.6 Å². The Bertz CT molecular complexity index is 1440. The molecular formula is C37H53ClN2O7. The summed E-state index contributed by atoms with van der Waals surface area (Å²) >= 11 is 6.82. The largest absolute Gasteiger partial charge is 0.476 e. The minimum Gasteiger partial charge on any atom is -0.476 e. The molecule has 1 aromatic carbocycles. The molecule has 0 radical (unpaired) electrons. The Morgan fingerprint density at radius 3 is 2.53 bits per heavy atom. The Morgan fingerprint density at radius 1 is 1.26 bits per heavy atom. The zero-order valence-corrected chi connectivity index (χ0v) is 30.4. The van der Waals surface area contributed by atoms with Crippen LogP contribution in [0.1, 0.15) is 91.2 Å². The number of halogens is 1. The molecule has 1 aromatic rings. The highest BCUT2D eigenvalue weighted by Crippen LogP contribution is 2.50. The van der Waals surface area contributed by atoms with Crippen LogP contribution in [0.3, 0.4) is 0 Å².